The Labute approximate surface area is 126 Å². The van der Waals surface area contributed by atoms with Gasteiger partial charge in [0.2, 0.25) is 0 Å². The molecule has 1 aromatic carbocycles. The first-order valence-corrected chi connectivity index (χ1v) is 7.71. The Kier molecular flexibility index (Phi) is 3.32. The molecule has 2 heterocycles. The van der Waals surface area contributed by atoms with Crippen LogP contribution in [0.2, 0.25) is 5.02 Å². The van der Waals surface area contributed by atoms with E-state index >= 15 is 0 Å². The standard InChI is InChI=1S/C12H8BrClN2S2/c13-7-4-5-18-10(7)6-16-11-8(14)2-1-3-9(11)15-12(16)17/h1-5H,6H2,(H,15,17). The maximum absolute atomic E-state index is 6.26. The minimum atomic E-state index is 0.693. The fourth-order valence-electron chi connectivity index (χ4n) is 1.91. The summed E-state index contributed by atoms with van der Waals surface area (Å²) in [5, 5.41) is 2.77. The van der Waals surface area contributed by atoms with Crippen LogP contribution in [0, 0.1) is 4.77 Å². The number of aromatic amines is 1. The highest BCUT2D eigenvalue weighted by Crippen LogP contribution is 2.28. The van der Waals surface area contributed by atoms with Crippen LogP contribution in [0.1, 0.15) is 4.88 Å². The number of fused-ring (bicyclic) bond motifs is 1. The molecule has 18 heavy (non-hydrogen) atoms. The zero-order chi connectivity index (χ0) is 12.7. The Bertz CT molecular complexity index is 772. The van der Waals surface area contributed by atoms with Crippen molar-refractivity contribution in [2.45, 2.75) is 6.54 Å². The number of imidazole rings is 1. The molecule has 0 aliphatic carbocycles. The van der Waals surface area contributed by atoms with Crippen LogP contribution in [0.3, 0.4) is 0 Å². The molecule has 1 N–H and O–H groups in total. The Morgan fingerprint density at radius 2 is 2.22 bits per heavy atom. The smallest absolute Gasteiger partial charge is 0.178 e. The third kappa shape index (κ3) is 2.05. The van der Waals surface area contributed by atoms with E-state index in [4.69, 9.17) is 23.8 Å². The molecule has 0 radical (unpaired) electrons. The van der Waals surface area contributed by atoms with E-state index in [2.05, 4.69) is 26.3 Å². The van der Waals surface area contributed by atoms with E-state index in [9.17, 15) is 0 Å². The number of thiophene rings is 1. The van der Waals surface area contributed by atoms with Gasteiger partial charge in [0.15, 0.2) is 4.77 Å². The third-order valence-electron chi connectivity index (χ3n) is 2.74. The first-order chi connectivity index (χ1) is 8.66. The van der Waals surface area contributed by atoms with Crippen molar-refractivity contribution in [3.8, 4) is 0 Å². The van der Waals surface area contributed by atoms with Crippen LogP contribution >= 0.6 is 51.1 Å². The average Bonchev–Trinajstić information content (AvgIpc) is 2.86. The second-order valence-corrected chi connectivity index (χ2v) is 6.49. The number of nitrogens with one attached hydrogen (secondary N) is 1. The molecular formula is C12H8BrClN2S2. The van der Waals surface area contributed by atoms with Gasteiger partial charge < -0.3 is 9.55 Å². The van der Waals surface area contributed by atoms with Gasteiger partial charge in [0, 0.05) is 9.35 Å². The maximum Gasteiger partial charge on any atom is 0.178 e. The first kappa shape index (κ1) is 12.4. The SMILES string of the molecule is S=c1[nH]c2cccc(Cl)c2n1Cc1sccc1Br. The van der Waals surface area contributed by atoms with E-state index < -0.39 is 0 Å². The van der Waals surface area contributed by atoms with Crippen molar-refractivity contribution in [3.63, 3.8) is 0 Å². The molecule has 92 valence electrons. The average molecular weight is 360 g/mol. The molecule has 0 saturated carbocycles. The number of aromatic nitrogens is 2. The van der Waals surface area contributed by atoms with Crippen LogP contribution in [0.5, 0.6) is 0 Å². The second-order valence-electron chi connectivity index (χ2n) is 3.84. The minimum absolute atomic E-state index is 0.693. The van der Waals surface area contributed by atoms with Gasteiger partial charge in [-0.2, -0.15) is 0 Å². The molecule has 0 atom stereocenters. The minimum Gasteiger partial charge on any atom is -0.331 e. The molecule has 0 fully saturated rings. The quantitative estimate of drug-likeness (QED) is 0.622. The molecule has 0 aliphatic rings. The van der Waals surface area contributed by atoms with Crippen molar-refractivity contribution < 1.29 is 0 Å². The van der Waals surface area contributed by atoms with Gasteiger partial charge in [-0.1, -0.05) is 17.7 Å². The van der Waals surface area contributed by atoms with Crippen LogP contribution in [0.4, 0.5) is 0 Å². The highest BCUT2D eigenvalue weighted by molar-refractivity contribution is 9.10. The predicted molar refractivity (Wildman–Crippen MR) is 83.3 cm³/mol. The largest absolute Gasteiger partial charge is 0.331 e. The predicted octanol–water partition coefficient (Wildman–Crippen LogP) is 5.22. The monoisotopic (exact) mass is 358 g/mol. The Balaban J connectivity index is 2.20. The molecule has 0 bridgehead atoms. The van der Waals surface area contributed by atoms with Crippen molar-refractivity contribution in [2.24, 2.45) is 0 Å². The highest BCUT2D eigenvalue weighted by Gasteiger charge is 2.10. The molecule has 0 amide bonds. The van der Waals surface area contributed by atoms with Crippen molar-refractivity contribution in [3.05, 3.63) is 48.8 Å². The van der Waals surface area contributed by atoms with E-state index in [0.717, 1.165) is 22.1 Å². The summed E-state index contributed by atoms with van der Waals surface area (Å²) >= 11 is 16.9. The topological polar surface area (TPSA) is 20.7 Å². The fraction of sp³-hybridized carbons (Fsp3) is 0.0833. The lowest BCUT2D eigenvalue weighted by Crippen LogP contribution is -1.98. The number of nitrogens with zero attached hydrogens (tertiary/aromatic N) is 1. The van der Waals surface area contributed by atoms with E-state index in [1.54, 1.807) is 11.3 Å². The summed E-state index contributed by atoms with van der Waals surface area (Å²) in [6, 6.07) is 7.82. The molecule has 6 heteroatoms. The zero-order valence-electron chi connectivity index (χ0n) is 9.11. The van der Waals surface area contributed by atoms with E-state index in [0.29, 0.717) is 9.79 Å². The van der Waals surface area contributed by atoms with Crippen LogP contribution in [0.15, 0.2) is 34.1 Å². The lowest BCUT2D eigenvalue weighted by molar-refractivity contribution is 0.821. The van der Waals surface area contributed by atoms with Gasteiger partial charge >= 0.3 is 0 Å². The first-order valence-electron chi connectivity index (χ1n) is 5.25. The molecule has 0 unspecified atom stereocenters. The summed E-state index contributed by atoms with van der Waals surface area (Å²) in [6.07, 6.45) is 0. The van der Waals surface area contributed by atoms with Gasteiger partial charge in [0.25, 0.3) is 0 Å². The number of H-pyrrole nitrogens is 1. The summed E-state index contributed by atoms with van der Waals surface area (Å²) in [6.45, 7) is 0.723. The Hall–Kier alpha value is -0.620. The van der Waals surface area contributed by atoms with Gasteiger partial charge in [-0.05, 0) is 51.7 Å². The molecule has 0 saturated heterocycles. The Morgan fingerprint density at radius 1 is 1.39 bits per heavy atom. The summed E-state index contributed by atoms with van der Waals surface area (Å²) in [4.78, 5) is 4.41. The van der Waals surface area contributed by atoms with Gasteiger partial charge in [-0.15, -0.1) is 11.3 Å². The number of hydrogen-bond acceptors (Lipinski definition) is 2. The molecule has 2 nitrogen and oxygen atoms in total. The Morgan fingerprint density at radius 3 is 2.94 bits per heavy atom. The van der Waals surface area contributed by atoms with E-state index in [1.807, 2.05) is 28.8 Å². The fourth-order valence-corrected chi connectivity index (χ4v) is 3.92. The van der Waals surface area contributed by atoms with Gasteiger partial charge in [-0.3, -0.25) is 0 Å². The summed E-state index contributed by atoms with van der Waals surface area (Å²) < 4.78 is 3.83. The van der Waals surface area contributed by atoms with Crippen LogP contribution in [0.25, 0.3) is 11.0 Å². The van der Waals surface area contributed by atoms with Crippen LogP contribution in [-0.2, 0) is 6.54 Å². The number of rotatable bonds is 2. The molecule has 2 aromatic heterocycles. The highest BCUT2D eigenvalue weighted by atomic mass is 79.9. The van der Waals surface area contributed by atoms with Crippen molar-refractivity contribution >= 4 is 62.1 Å². The van der Waals surface area contributed by atoms with Crippen molar-refractivity contribution in [2.75, 3.05) is 0 Å². The normalized spacial score (nSPS) is 11.2. The number of benzene rings is 1. The third-order valence-corrected chi connectivity index (χ3v) is 5.27. The van der Waals surface area contributed by atoms with Crippen LogP contribution < -0.4 is 0 Å². The number of para-hydroxylation sites is 1. The van der Waals surface area contributed by atoms with Crippen LogP contribution in [-0.4, -0.2) is 9.55 Å². The van der Waals surface area contributed by atoms with Crippen molar-refractivity contribution in [1.29, 1.82) is 0 Å². The lowest BCUT2D eigenvalue weighted by atomic mass is 10.3. The molecule has 3 rings (SSSR count). The summed E-state index contributed by atoms with van der Waals surface area (Å²) in [5.74, 6) is 0. The van der Waals surface area contributed by atoms with Gasteiger partial charge in [0.05, 0.1) is 22.6 Å². The molecule has 0 spiro atoms. The van der Waals surface area contributed by atoms with Crippen molar-refractivity contribution in [1.82, 2.24) is 9.55 Å². The summed E-state index contributed by atoms with van der Waals surface area (Å²) in [7, 11) is 0. The molecular weight excluding hydrogens is 352 g/mol. The maximum atomic E-state index is 6.26. The zero-order valence-corrected chi connectivity index (χ0v) is 13.1. The van der Waals surface area contributed by atoms with E-state index in [-0.39, 0.29) is 0 Å². The van der Waals surface area contributed by atoms with E-state index in [1.165, 1.54) is 4.88 Å². The molecule has 3 aromatic rings. The summed E-state index contributed by atoms with van der Waals surface area (Å²) in [5.41, 5.74) is 1.93. The molecule has 0 aliphatic heterocycles. The lowest BCUT2D eigenvalue weighted by Gasteiger charge is -2.04. The van der Waals surface area contributed by atoms with Gasteiger partial charge in [0.1, 0.15) is 0 Å². The number of hydrogen-bond donors (Lipinski definition) is 1. The number of halogens is 2. The van der Waals surface area contributed by atoms with Gasteiger partial charge in [-0.25, -0.2) is 0 Å². The second kappa shape index (κ2) is 4.81.